The lowest BCUT2D eigenvalue weighted by Gasteiger charge is -2.34. The summed E-state index contributed by atoms with van der Waals surface area (Å²) in [5.74, 6) is -0.105. The number of aryl methyl sites for hydroxylation is 1. The second kappa shape index (κ2) is 6.94. The van der Waals surface area contributed by atoms with Crippen LogP contribution >= 0.6 is 0 Å². The largest absolute Gasteiger partial charge is 0.462 e. The monoisotopic (exact) mass is 368 g/mol. The molecule has 25 heavy (non-hydrogen) atoms. The van der Waals surface area contributed by atoms with Gasteiger partial charge in [-0.2, -0.15) is 9.40 Å². The van der Waals surface area contributed by atoms with Gasteiger partial charge in [-0.1, -0.05) is 0 Å². The Balaban J connectivity index is 2.00. The molecule has 1 aliphatic heterocycles. The minimum Gasteiger partial charge on any atom is -0.462 e. The van der Waals surface area contributed by atoms with E-state index in [1.54, 1.807) is 23.9 Å². The van der Waals surface area contributed by atoms with E-state index in [1.807, 2.05) is 7.05 Å². The van der Waals surface area contributed by atoms with Crippen LogP contribution in [0.1, 0.15) is 29.1 Å². The molecule has 1 unspecified atom stereocenters. The van der Waals surface area contributed by atoms with E-state index in [0.717, 1.165) is 0 Å². The van der Waals surface area contributed by atoms with Gasteiger partial charge >= 0.3 is 5.97 Å². The highest BCUT2D eigenvalue weighted by Crippen LogP contribution is 2.28. The van der Waals surface area contributed by atoms with Gasteiger partial charge in [-0.05, 0) is 6.92 Å². The number of esters is 1. The van der Waals surface area contributed by atoms with Crippen molar-refractivity contribution >= 4 is 16.0 Å². The Morgan fingerprint density at radius 3 is 2.96 bits per heavy atom. The molecule has 3 heterocycles. The topological polar surface area (TPSA) is 122 Å². The van der Waals surface area contributed by atoms with Gasteiger partial charge in [-0.25, -0.2) is 18.2 Å². The van der Waals surface area contributed by atoms with Crippen molar-refractivity contribution in [1.29, 1.82) is 0 Å². The smallest absolute Gasteiger partial charge is 0.342 e. The van der Waals surface area contributed by atoms with Gasteiger partial charge in [-0.3, -0.25) is 5.10 Å². The third kappa shape index (κ3) is 3.17. The van der Waals surface area contributed by atoms with Crippen LogP contribution in [0.4, 0.5) is 0 Å². The molecule has 0 aliphatic carbocycles. The standard InChI is InChI=1S/C14H20N6O4S/c1-3-24-14(21)10-8-17-18-13(10)25(22,23)20-7-4-15-9-11(20)12-16-5-6-19(12)2/h5-6,8,11,15H,3-4,7,9H2,1-2H3,(H,17,18). The molecule has 10 nitrogen and oxygen atoms in total. The Kier molecular flexibility index (Phi) is 4.88. The number of rotatable bonds is 5. The van der Waals surface area contributed by atoms with E-state index >= 15 is 0 Å². The number of piperazine rings is 1. The van der Waals surface area contributed by atoms with Crippen molar-refractivity contribution in [3.63, 3.8) is 0 Å². The molecule has 1 fully saturated rings. The zero-order chi connectivity index (χ0) is 18.0. The molecule has 0 saturated carbocycles. The quantitative estimate of drug-likeness (QED) is 0.692. The molecular formula is C14H20N6O4S. The van der Waals surface area contributed by atoms with E-state index < -0.39 is 22.0 Å². The van der Waals surface area contributed by atoms with Gasteiger partial charge in [0.25, 0.3) is 10.0 Å². The summed E-state index contributed by atoms with van der Waals surface area (Å²) in [6.45, 7) is 2.98. The van der Waals surface area contributed by atoms with Crippen LogP contribution in [0.3, 0.4) is 0 Å². The fourth-order valence-electron chi connectivity index (χ4n) is 2.83. The summed E-state index contributed by atoms with van der Waals surface area (Å²) in [6.07, 6.45) is 4.55. The Hall–Kier alpha value is -2.24. The SMILES string of the molecule is CCOC(=O)c1cn[nH]c1S(=O)(=O)N1CCNCC1c1nccn1C. The minimum absolute atomic E-state index is 0.0982. The van der Waals surface area contributed by atoms with Crippen LogP contribution < -0.4 is 5.32 Å². The van der Waals surface area contributed by atoms with Crippen LogP contribution in [0.25, 0.3) is 0 Å². The first-order chi connectivity index (χ1) is 12.0. The molecule has 0 amide bonds. The number of aromatic nitrogens is 4. The van der Waals surface area contributed by atoms with Gasteiger partial charge in [0.1, 0.15) is 11.4 Å². The minimum atomic E-state index is -3.98. The third-order valence-electron chi connectivity index (χ3n) is 4.02. The number of aromatic amines is 1. The summed E-state index contributed by atoms with van der Waals surface area (Å²) in [7, 11) is -2.18. The zero-order valence-corrected chi connectivity index (χ0v) is 14.8. The van der Waals surface area contributed by atoms with Gasteiger partial charge in [0.05, 0.1) is 18.8 Å². The van der Waals surface area contributed by atoms with Crippen LogP contribution in [-0.4, -0.2) is 64.7 Å². The van der Waals surface area contributed by atoms with Gasteiger partial charge < -0.3 is 14.6 Å². The predicted molar refractivity (Wildman–Crippen MR) is 87.3 cm³/mol. The van der Waals surface area contributed by atoms with Crippen LogP contribution in [0, 0.1) is 0 Å². The molecule has 11 heteroatoms. The lowest BCUT2D eigenvalue weighted by molar-refractivity contribution is 0.0521. The highest BCUT2D eigenvalue weighted by atomic mass is 32.2. The molecule has 136 valence electrons. The van der Waals surface area contributed by atoms with Crippen molar-refractivity contribution in [2.24, 2.45) is 7.05 Å². The van der Waals surface area contributed by atoms with Crippen molar-refractivity contribution in [3.8, 4) is 0 Å². The lowest BCUT2D eigenvalue weighted by atomic mass is 10.2. The average Bonchev–Trinajstić information content (AvgIpc) is 3.24. The van der Waals surface area contributed by atoms with E-state index in [2.05, 4.69) is 20.5 Å². The molecule has 2 aromatic heterocycles. The molecule has 2 N–H and O–H groups in total. The summed E-state index contributed by atoms with van der Waals surface area (Å²) >= 11 is 0. The van der Waals surface area contributed by atoms with Crippen molar-refractivity contribution in [2.45, 2.75) is 18.0 Å². The normalized spacial score (nSPS) is 19.0. The second-order valence-corrected chi connectivity index (χ2v) is 7.39. The average molecular weight is 368 g/mol. The first kappa shape index (κ1) is 17.6. The van der Waals surface area contributed by atoms with Gasteiger partial charge in [-0.15, -0.1) is 0 Å². The molecule has 0 bridgehead atoms. The number of sulfonamides is 1. The zero-order valence-electron chi connectivity index (χ0n) is 14.0. The number of hydrogen-bond acceptors (Lipinski definition) is 7. The van der Waals surface area contributed by atoms with E-state index in [1.165, 1.54) is 10.5 Å². The van der Waals surface area contributed by atoms with Crippen molar-refractivity contribution < 1.29 is 17.9 Å². The predicted octanol–water partition coefficient (Wildman–Crippen LogP) is -0.345. The van der Waals surface area contributed by atoms with Crippen molar-refractivity contribution in [2.75, 3.05) is 26.2 Å². The van der Waals surface area contributed by atoms with Crippen LogP contribution in [-0.2, 0) is 21.8 Å². The van der Waals surface area contributed by atoms with Crippen molar-refractivity contribution in [3.05, 3.63) is 30.0 Å². The van der Waals surface area contributed by atoms with Gasteiger partial charge in [0.2, 0.25) is 0 Å². The Morgan fingerprint density at radius 2 is 2.28 bits per heavy atom. The summed E-state index contributed by atoms with van der Waals surface area (Å²) in [4.78, 5) is 16.3. The molecule has 0 spiro atoms. The van der Waals surface area contributed by atoms with E-state index in [9.17, 15) is 13.2 Å². The fraction of sp³-hybridized carbons (Fsp3) is 0.500. The first-order valence-corrected chi connectivity index (χ1v) is 9.31. The number of carbonyl (C=O) groups is 1. The van der Waals surface area contributed by atoms with E-state index in [-0.39, 0.29) is 23.7 Å². The van der Waals surface area contributed by atoms with Crippen LogP contribution in [0.2, 0.25) is 0 Å². The molecule has 0 radical (unpaired) electrons. The summed E-state index contributed by atoms with van der Waals surface area (Å²) in [5.41, 5.74) is -0.0982. The van der Waals surface area contributed by atoms with E-state index in [4.69, 9.17) is 4.74 Å². The third-order valence-corrected chi connectivity index (χ3v) is 5.90. The van der Waals surface area contributed by atoms with Crippen LogP contribution in [0.5, 0.6) is 0 Å². The number of imidazole rings is 1. The first-order valence-electron chi connectivity index (χ1n) is 7.87. The fourth-order valence-corrected chi connectivity index (χ4v) is 4.49. The maximum Gasteiger partial charge on any atom is 0.342 e. The molecule has 0 aromatic carbocycles. The summed E-state index contributed by atoms with van der Waals surface area (Å²) < 4.78 is 34.4. The molecule has 1 aliphatic rings. The number of nitrogens with zero attached hydrogens (tertiary/aromatic N) is 4. The van der Waals surface area contributed by atoms with Gasteiger partial charge in [0, 0.05) is 39.1 Å². The number of carbonyl (C=O) groups excluding carboxylic acids is 1. The maximum absolute atomic E-state index is 13.2. The Labute approximate surface area is 145 Å². The summed E-state index contributed by atoms with van der Waals surface area (Å²) in [6, 6.07) is -0.489. The summed E-state index contributed by atoms with van der Waals surface area (Å²) in [5, 5.41) is 9.08. The number of H-pyrrole nitrogens is 1. The molecule has 1 saturated heterocycles. The maximum atomic E-state index is 13.2. The second-order valence-electron chi connectivity index (χ2n) is 5.57. The highest BCUT2D eigenvalue weighted by molar-refractivity contribution is 7.89. The lowest BCUT2D eigenvalue weighted by Crippen LogP contribution is -2.49. The molecular weight excluding hydrogens is 348 g/mol. The number of nitrogens with one attached hydrogen (secondary N) is 2. The number of ether oxygens (including phenoxy) is 1. The highest BCUT2D eigenvalue weighted by Gasteiger charge is 2.39. The molecule has 2 aromatic rings. The van der Waals surface area contributed by atoms with Crippen LogP contribution in [0.15, 0.2) is 23.6 Å². The van der Waals surface area contributed by atoms with Crippen molar-refractivity contribution in [1.82, 2.24) is 29.4 Å². The molecule has 1 atom stereocenters. The Morgan fingerprint density at radius 1 is 1.48 bits per heavy atom. The Bertz CT molecular complexity index is 858. The number of hydrogen-bond donors (Lipinski definition) is 2. The van der Waals surface area contributed by atoms with E-state index in [0.29, 0.717) is 18.9 Å². The molecule has 3 rings (SSSR count). The van der Waals surface area contributed by atoms with Gasteiger partial charge in [0.15, 0.2) is 5.03 Å².